The topological polar surface area (TPSA) is 61.4 Å². The molecule has 2 aliphatic rings. The third-order valence-corrected chi connectivity index (χ3v) is 4.06. The number of carbonyl (C=O) groups excluding carboxylic acids is 2. The Labute approximate surface area is 118 Å². The first-order chi connectivity index (χ1) is 9.69. The van der Waals surface area contributed by atoms with Crippen LogP contribution in [0.4, 0.5) is 5.69 Å². The van der Waals surface area contributed by atoms with Gasteiger partial charge in [0, 0.05) is 30.4 Å². The van der Waals surface area contributed by atoms with E-state index in [0.717, 1.165) is 30.8 Å². The van der Waals surface area contributed by atoms with Crippen LogP contribution in [-0.2, 0) is 11.2 Å². The third kappa shape index (κ3) is 2.29. The monoisotopic (exact) mass is 273 g/mol. The number of likely N-dealkylation sites (N-methyl/N-ethyl adjacent to an activating group) is 1. The summed E-state index contributed by atoms with van der Waals surface area (Å²) >= 11 is 0. The van der Waals surface area contributed by atoms with Gasteiger partial charge in [0.2, 0.25) is 5.91 Å². The molecule has 1 fully saturated rings. The summed E-state index contributed by atoms with van der Waals surface area (Å²) in [5, 5.41) is 6.09. The molecule has 5 heteroatoms. The molecule has 0 spiro atoms. The van der Waals surface area contributed by atoms with Crippen LogP contribution >= 0.6 is 0 Å². The Morgan fingerprint density at radius 3 is 3.00 bits per heavy atom. The zero-order valence-electron chi connectivity index (χ0n) is 11.6. The summed E-state index contributed by atoms with van der Waals surface area (Å²) in [7, 11) is 0. The Hall–Kier alpha value is -1.88. The summed E-state index contributed by atoms with van der Waals surface area (Å²) < 4.78 is 0. The summed E-state index contributed by atoms with van der Waals surface area (Å²) in [4.78, 5) is 25.9. The van der Waals surface area contributed by atoms with E-state index in [1.54, 1.807) is 6.07 Å². The average Bonchev–Trinajstić information content (AvgIpc) is 3.06. The fourth-order valence-electron chi connectivity index (χ4n) is 2.99. The standard InChI is InChI=1S/C15H19N3O2/c1-2-18(12-5-6-16-9-12)15(20)11-4-3-10-8-14(19)17-13(10)7-11/h3-4,7,12,16H,2,5-6,8-9H2,1H3,(H,17,19). The van der Waals surface area contributed by atoms with Crippen LogP contribution in [0.5, 0.6) is 0 Å². The second kappa shape index (κ2) is 5.25. The Morgan fingerprint density at radius 1 is 1.45 bits per heavy atom. The highest BCUT2D eigenvalue weighted by Gasteiger charge is 2.27. The van der Waals surface area contributed by atoms with Gasteiger partial charge in [0.1, 0.15) is 0 Å². The van der Waals surface area contributed by atoms with Crippen molar-refractivity contribution in [2.75, 3.05) is 25.0 Å². The van der Waals surface area contributed by atoms with Crippen LogP contribution in [-0.4, -0.2) is 42.4 Å². The highest BCUT2D eigenvalue weighted by Crippen LogP contribution is 2.25. The van der Waals surface area contributed by atoms with Gasteiger partial charge in [-0.1, -0.05) is 6.07 Å². The van der Waals surface area contributed by atoms with Crippen molar-refractivity contribution in [3.8, 4) is 0 Å². The van der Waals surface area contributed by atoms with E-state index in [0.29, 0.717) is 18.5 Å². The number of hydrogen-bond donors (Lipinski definition) is 2. The molecule has 2 N–H and O–H groups in total. The third-order valence-electron chi connectivity index (χ3n) is 4.06. The number of benzene rings is 1. The van der Waals surface area contributed by atoms with Crippen molar-refractivity contribution in [2.24, 2.45) is 0 Å². The van der Waals surface area contributed by atoms with Crippen molar-refractivity contribution >= 4 is 17.5 Å². The molecule has 0 saturated carbocycles. The highest BCUT2D eigenvalue weighted by molar-refractivity contribution is 6.02. The normalized spacial score (nSPS) is 20.6. The lowest BCUT2D eigenvalue weighted by atomic mass is 10.1. The van der Waals surface area contributed by atoms with E-state index >= 15 is 0 Å². The number of nitrogens with one attached hydrogen (secondary N) is 2. The number of amides is 2. The lowest BCUT2D eigenvalue weighted by Crippen LogP contribution is -2.41. The van der Waals surface area contributed by atoms with Crippen molar-refractivity contribution in [1.29, 1.82) is 0 Å². The van der Waals surface area contributed by atoms with Crippen LogP contribution in [0.2, 0.25) is 0 Å². The van der Waals surface area contributed by atoms with E-state index in [2.05, 4.69) is 10.6 Å². The van der Waals surface area contributed by atoms with Gasteiger partial charge in [-0.25, -0.2) is 0 Å². The second-order valence-corrected chi connectivity index (χ2v) is 5.33. The van der Waals surface area contributed by atoms with E-state index in [4.69, 9.17) is 0 Å². The summed E-state index contributed by atoms with van der Waals surface area (Å²) in [5.74, 6) is 0.0436. The number of carbonyl (C=O) groups is 2. The Morgan fingerprint density at radius 2 is 2.30 bits per heavy atom. The maximum Gasteiger partial charge on any atom is 0.254 e. The SMILES string of the molecule is CCN(C(=O)c1ccc2c(c1)NC(=O)C2)C1CCNC1. The van der Waals surface area contributed by atoms with Gasteiger partial charge in [0.15, 0.2) is 0 Å². The summed E-state index contributed by atoms with van der Waals surface area (Å²) in [6.45, 7) is 4.54. The van der Waals surface area contributed by atoms with Crippen LogP contribution in [0.25, 0.3) is 0 Å². The maximum atomic E-state index is 12.6. The number of rotatable bonds is 3. The van der Waals surface area contributed by atoms with E-state index in [1.165, 1.54) is 0 Å². The Kier molecular flexibility index (Phi) is 3.44. The lowest BCUT2D eigenvalue weighted by molar-refractivity contribution is -0.115. The summed E-state index contributed by atoms with van der Waals surface area (Å²) in [6, 6.07) is 5.77. The van der Waals surface area contributed by atoms with Gasteiger partial charge in [0.05, 0.1) is 6.42 Å². The molecule has 20 heavy (non-hydrogen) atoms. The molecular formula is C15H19N3O2. The van der Waals surface area contributed by atoms with Crippen molar-refractivity contribution in [3.05, 3.63) is 29.3 Å². The second-order valence-electron chi connectivity index (χ2n) is 5.33. The van der Waals surface area contributed by atoms with Gasteiger partial charge in [-0.05, 0) is 37.6 Å². The molecule has 0 radical (unpaired) electrons. The van der Waals surface area contributed by atoms with Gasteiger partial charge in [-0.2, -0.15) is 0 Å². The average molecular weight is 273 g/mol. The van der Waals surface area contributed by atoms with Crippen LogP contribution in [0.1, 0.15) is 29.3 Å². The molecule has 3 rings (SSSR count). The van der Waals surface area contributed by atoms with Gasteiger partial charge in [-0.3, -0.25) is 9.59 Å². The lowest BCUT2D eigenvalue weighted by Gasteiger charge is -2.27. The Balaban J connectivity index is 1.83. The van der Waals surface area contributed by atoms with E-state index in [9.17, 15) is 9.59 Å². The molecule has 1 atom stereocenters. The van der Waals surface area contributed by atoms with Crippen LogP contribution in [0.3, 0.4) is 0 Å². The van der Waals surface area contributed by atoms with Crippen molar-refractivity contribution in [2.45, 2.75) is 25.8 Å². The smallest absolute Gasteiger partial charge is 0.254 e. The molecule has 0 aliphatic carbocycles. The zero-order chi connectivity index (χ0) is 14.1. The Bertz CT molecular complexity index is 550. The van der Waals surface area contributed by atoms with Gasteiger partial charge in [-0.15, -0.1) is 0 Å². The van der Waals surface area contributed by atoms with Gasteiger partial charge < -0.3 is 15.5 Å². The molecule has 0 bridgehead atoms. The zero-order valence-corrected chi connectivity index (χ0v) is 11.6. The summed E-state index contributed by atoms with van der Waals surface area (Å²) in [5.41, 5.74) is 2.40. The molecule has 106 valence electrons. The van der Waals surface area contributed by atoms with E-state index in [1.807, 2.05) is 24.0 Å². The van der Waals surface area contributed by atoms with Crippen LogP contribution < -0.4 is 10.6 Å². The van der Waals surface area contributed by atoms with Crippen LogP contribution in [0, 0.1) is 0 Å². The minimum Gasteiger partial charge on any atom is -0.335 e. The van der Waals surface area contributed by atoms with Crippen molar-refractivity contribution in [1.82, 2.24) is 10.2 Å². The first-order valence-corrected chi connectivity index (χ1v) is 7.13. The fraction of sp³-hybridized carbons (Fsp3) is 0.467. The summed E-state index contributed by atoms with van der Waals surface area (Å²) in [6.07, 6.45) is 1.41. The largest absolute Gasteiger partial charge is 0.335 e. The van der Waals surface area contributed by atoms with Crippen molar-refractivity contribution < 1.29 is 9.59 Å². The van der Waals surface area contributed by atoms with Crippen LogP contribution in [0.15, 0.2) is 18.2 Å². The van der Waals surface area contributed by atoms with Gasteiger partial charge in [0.25, 0.3) is 5.91 Å². The number of anilines is 1. The molecule has 1 saturated heterocycles. The molecule has 5 nitrogen and oxygen atoms in total. The van der Waals surface area contributed by atoms with E-state index in [-0.39, 0.29) is 17.9 Å². The maximum absolute atomic E-state index is 12.6. The van der Waals surface area contributed by atoms with E-state index < -0.39 is 0 Å². The predicted octanol–water partition coefficient (Wildman–Crippen LogP) is 1.01. The molecule has 0 aromatic heterocycles. The highest BCUT2D eigenvalue weighted by atomic mass is 16.2. The number of fused-ring (bicyclic) bond motifs is 1. The minimum absolute atomic E-state index is 0.00283. The van der Waals surface area contributed by atoms with Gasteiger partial charge >= 0.3 is 0 Å². The number of hydrogen-bond acceptors (Lipinski definition) is 3. The molecule has 1 aromatic rings. The predicted molar refractivity (Wildman–Crippen MR) is 76.8 cm³/mol. The molecule has 2 amide bonds. The number of nitrogens with zero attached hydrogens (tertiary/aromatic N) is 1. The molecule has 2 aliphatic heterocycles. The first-order valence-electron chi connectivity index (χ1n) is 7.13. The molecular weight excluding hydrogens is 254 g/mol. The first kappa shape index (κ1) is 13.1. The molecule has 1 unspecified atom stereocenters. The fourth-order valence-corrected chi connectivity index (χ4v) is 2.99. The molecule has 2 heterocycles. The molecule has 1 aromatic carbocycles. The van der Waals surface area contributed by atoms with Crippen molar-refractivity contribution in [3.63, 3.8) is 0 Å². The quantitative estimate of drug-likeness (QED) is 0.864. The minimum atomic E-state index is -0.00283.